The highest BCUT2D eigenvalue weighted by Gasteiger charge is 2.15. The summed E-state index contributed by atoms with van der Waals surface area (Å²) < 4.78 is 26.9. The summed E-state index contributed by atoms with van der Waals surface area (Å²) in [4.78, 5) is 0. The van der Waals surface area contributed by atoms with Gasteiger partial charge in [-0.3, -0.25) is 0 Å². The molecule has 0 fully saturated rings. The van der Waals surface area contributed by atoms with Gasteiger partial charge in [-0.2, -0.15) is 8.42 Å². The Morgan fingerprint density at radius 2 is 1.32 bits per heavy atom. The van der Waals surface area contributed by atoms with E-state index in [1.807, 2.05) is 60.7 Å². The number of benzene rings is 2. The van der Waals surface area contributed by atoms with Crippen molar-refractivity contribution in [1.82, 2.24) is 0 Å². The van der Waals surface area contributed by atoms with Crippen LogP contribution in [0.4, 0.5) is 0 Å². The molecule has 2 rings (SSSR count). The zero-order chi connectivity index (χ0) is 13.7. The first-order valence-electron chi connectivity index (χ1n) is 5.68. The van der Waals surface area contributed by atoms with E-state index in [4.69, 9.17) is 0 Å². The quantitative estimate of drug-likeness (QED) is 0.653. The molecule has 0 aliphatic carbocycles. The lowest BCUT2D eigenvalue weighted by atomic mass is 10.0. The average molecular weight is 276 g/mol. The van der Waals surface area contributed by atoms with Crippen molar-refractivity contribution in [1.29, 1.82) is 0 Å². The summed E-state index contributed by atoms with van der Waals surface area (Å²) >= 11 is 0. The number of hydrogen-bond donors (Lipinski definition) is 1. The fourth-order valence-corrected chi connectivity index (χ4v) is 1.85. The third kappa shape index (κ3) is 3.93. The van der Waals surface area contributed by atoms with Gasteiger partial charge in [-0.1, -0.05) is 36.4 Å². The zero-order valence-electron chi connectivity index (χ0n) is 10.4. The summed E-state index contributed by atoms with van der Waals surface area (Å²) in [6, 6.07) is 18.8. The molecule has 1 N–H and O–H groups in total. The first-order valence-corrected chi connectivity index (χ1v) is 7.50. The molecule has 0 bridgehead atoms. The molecular formula is C14H14NO3S+. The molecule has 0 heterocycles. The van der Waals surface area contributed by atoms with Crippen LogP contribution in [0.1, 0.15) is 11.1 Å². The molecule has 0 aromatic heterocycles. The number of rotatable bonds is 4. The predicted molar refractivity (Wildman–Crippen MR) is 73.0 cm³/mol. The fourth-order valence-electron chi connectivity index (χ4n) is 1.61. The van der Waals surface area contributed by atoms with Crippen LogP contribution in [-0.2, 0) is 14.4 Å². The Morgan fingerprint density at radius 1 is 0.895 bits per heavy atom. The van der Waals surface area contributed by atoms with Gasteiger partial charge in [-0.25, -0.2) is 0 Å². The van der Waals surface area contributed by atoms with Crippen LogP contribution in [-0.4, -0.2) is 20.4 Å². The second-order valence-corrected chi connectivity index (χ2v) is 5.57. The van der Waals surface area contributed by atoms with Crippen molar-refractivity contribution >= 4 is 15.8 Å². The molecule has 2 aromatic carbocycles. The van der Waals surface area contributed by atoms with E-state index in [-0.39, 0.29) is 0 Å². The standard InChI is InChI=1S/C14H13NO3S/c1-19(16,17)18-15-14(12-8-4-2-5-9-12)13-10-6-3-7-11-13/h2-11H,1H3/p+1. The van der Waals surface area contributed by atoms with Crippen molar-refractivity contribution < 1.29 is 17.9 Å². The van der Waals surface area contributed by atoms with E-state index in [9.17, 15) is 8.42 Å². The van der Waals surface area contributed by atoms with Gasteiger partial charge in [0.15, 0.2) is 0 Å². The summed E-state index contributed by atoms with van der Waals surface area (Å²) in [5, 5.41) is 2.52. The van der Waals surface area contributed by atoms with Crippen molar-refractivity contribution in [2.75, 3.05) is 6.26 Å². The van der Waals surface area contributed by atoms with Crippen LogP contribution in [0.5, 0.6) is 0 Å². The number of nitrogens with one attached hydrogen (secondary N) is 1. The van der Waals surface area contributed by atoms with Crippen LogP contribution >= 0.6 is 0 Å². The Kier molecular flexibility index (Phi) is 3.97. The Bertz CT molecular complexity index is 623. The highest BCUT2D eigenvalue weighted by Crippen LogP contribution is 2.06. The minimum Gasteiger partial charge on any atom is -0.181 e. The monoisotopic (exact) mass is 276 g/mol. The predicted octanol–water partition coefficient (Wildman–Crippen LogP) is 0.496. The minimum absolute atomic E-state index is 0.603. The first-order chi connectivity index (χ1) is 9.06. The molecule has 5 heteroatoms. The lowest BCUT2D eigenvalue weighted by Gasteiger charge is -2.00. The van der Waals surface area contributed by atoms with Crippen molar-refractivity contribution in [3.8, 4) is 0 Å². The molecule has 0 saturated carbocycles. The second-order valence-electron chi connectivity index (χ2n) is 4.00. The molecular weight excluding hydrogens is 262 g/mol. The Morgan fingerprint density at radius 3 is 1.68 bits per heavy atom. The molecule has 0 spiro atoms. The van der Waals surface area contributed by atoms with Crippen LogP contribution in [0.3, 0.4) is 0 Å². The van der Waals surface area contributed by atoms with Gasteiger partial charge in [0.1, 0.15) is 0 Å². The molecule has 0 atom stereocenters. The van der Waals surface area contributed by atoms with Gasteiger partial charge in [-0.15, -0.1) is 4.28 Å². The summed E-state index contributed by atoms with van der Waals surface area (Å²) in [6.07, 6.45) is 0.994. The molecule has 0 amide bonds. The zero-order valence-corrected chi connectivity index (χ0v) is 11.2. The third-order valence-electron chi connectivity index (χ3n) is 2.42. The minimum atomic E-state index is -3.57. The van der Waals surface area contributed by atoms with Crippen LogP contribution in [0.2, 0.25) is 0 Å². The second kappa shape index (κ2) is 5.67. The van der Waals surface area contributed by atoms with E-state index in [1.54, 1.807) is 0 Å². The van der Waals surface area contributed by atoms with E-state index >= 15 is 0 Å². The maximum Gasteiger partial charge on any atom is 0.363 e. The van der Waals surface area contributed by atoms with E-state index in [2.05, 4.69) is 9.44 Å². The van der Waals surface area contributed by atoms with Crippen molar-refractivity contribution in [2.24, 2.45) is 0 Å². The van der Waals surface area contributed by atoms with E-state index in [1.165, 1.54) is 0 Å². The Labute approximate surface area is 112 Å². The van der Waals surface area contributed by atoms with Crippen molar-refractivity contribution in [3.05, 3.63) is 71.8 Å². The van der Waals surface area contributed by atoms with Crippen LogP contribution < -0.4 is 5.16 Å². The highest BCUT2D eigenvalue weighted by molar-refractivity contribution is 7.85. The molecule has 19 heavy (non-hydrogen) atoms. The van der Waals surface area contributed by atoms with Crippen LogP contribution in [0, 0.1) is 0 Å². The summed E-state index contributed by atoms with van der Waals surface area (Å²) in [5.41, 5.74) is 2.29. The van der Waals surface area contributed by atoms with Crippen LogP contribution in [0.25, 0.3) is 0 Å². The third-order valence-corrected chi connectivity index (χ3v) is 2.81. The molecule has 0 radical (unpaired) electrons. The lowest BCUT2D eigenvalue weighted by molar-refractivity contribution is -0.703. The topological polar surface area (TPSA) is 57.3 Å². The highest BCUT2D eigenvalue weighted by atomic mass is 32.2. The van der Waals surface area contributed by atoms with Gasteiger partial charge in [0.2, 0.25) is 0 Å². The molecule has 0 unspecified atom stereocenters. The van der Waals surface area contributed by atoms with Gasteiger partial charge in [-0.05, 0) is 29.4 Å². The summed E-state index contributed by atoms with van der Waals surface area (Å²) in [6.45, 7) is 0. The molecule has 0 aliphatic heterocycles. The lowest BCUT2D eigenvalue weighted by Crippen LogP contribution is -2.73. The number of hydrogen-bond acceptors (Lipinski definition) is 3. The Hall–Kier alpha value is -2.14. The first kappa shape index (κ1) is 13.3. The van der Waals surface area contributed by atoms with Gasteiger partial charge < -0.3 is 0 Å². The summed E-state index contributed by atoms with van der Waals surface area (Å²) in [5.74, 6) is 0. The average Bonchev–Trinajstić information content (AvgIpc) is 2.40. The molecule has 0 saturated heterocycles. The van der Waals surface area contributed by atoms with Gasteiger partial charge in [0.05, 0.1) is 17.4 Å². The molecule has 4 nitrogen and oxygen atoms in total. The normalized spacial score (nSPS) is 10.8. The van der Waals surface area contributed by atoms with E-state index in [0.717, 1.165) is 17.4 Å². The summed E-state index contributed by atoms with van der Waals surface area (Å²) in [7, 11) is -3.57. The van der Waals surface area contributed by atoms with E-state index < -0.39 is 10.1 Å². The van der Waals surface area contributed by atoms with Gasteiger partial charge in [0.25, 0.3) is 5.71 Å². The smallest absolute Gasteiger partial charge is 0.181 e. The fraction of sp³-hybridized carbons (Fsp3) is 0.0714. The Balaban J connectivity index is 2.46. The van der Waals surface area contributed by atoms with Crippen LogP contribution in [0.15, 0.2) is 60.7 Å². The molecule has 0 aliphatic rings. The van der Waals surface area contributed by atoms with Gasteiger partial charge in [0, 0.05) is 0 Å². The van der Waals surface area contributed by atoms with E-state index in [0.29, 0.717) is 5.71 Å². The maximum absolute atomic E-state index is 11.1. The SMILES string of the molecule is CS(=O)(=O)O[NH+]=C(c1ccccc1)c1ccccc1. The van der Waals surface area contributed by atoms with Crippen molar-refractivity contribution in [3.63, 3.8) is 0 Å². The largest absolute Gasteiger partial charge is 0.363 e. The van der Waals surface area contributed by atoms with Crippen molar-refractivity contribution in [2.45, 2.75) is 0 Å². The maximum atomic E-state index is 11.1. The van der Waals surface area contributed by atoms with Gasteiger partial charge >= 0.3 is 10.1 Å². The molecule has 2 aromatic rings. The molecule has 98 valence electrons.